The van der Waals surface area contributed by atoms with Crippen LogP contribution in [0.15, 0.2) is 142 Å². The first-order valence-electron chi connectivity index (χ1n) is 17.6. The van der Waals surface area contributed by atoms with E-state index in [2.05, 4.69) is 143 Å². The third-order valence-corrected chi connectivity index (χ3v) is 11.9. The summed E-state index contributed by atoms with van der Waals surface area (Å²) in [7, 11) is 0. The molecule has 11 rings (SSSR count). The smallest absolute Gasteiger partial charge is 0.136 e. The number of hydrogen-bond donors (Lipinski definition) is 0. The molecule has 2 aliphatic carbocycles. The monoisotopic (exact) mass is 642 g/mol. The van der Waals surface area contributed by atoms with Crippen LogP contribution in [-0.2, 0) is 10.8 Å². The quantitative estimate of drug-likeness (QED) is 0.188. The standard InChI is InChI=1S/C48H34O2/c1-47(2)39-20-19-33-31-12-5-7-14-38(31)48(3,4)46(33)45(39)34-18-16-30(24-40(34)47)28-11-9-10-27(22-28)29-17-21-42-35(23-29)37-26-43-36(25-44(37)50-42)32-13-6-8-15-41(32)49-43/h5-26H,1-4H3. The second-order valence-corrected chi connectivity index (χ2v) is 15.3. The first-order valence-corrected chi connectivity index (χ1v) is 17.6. The minimum Gasteiger partial charge on any atom is -0.456 e. The van der Waals surface area contributed by atoms with Crippen LogP contribution in [0.25, 0.3) is 88.4 Å². The lowest BCUT2D eigenvalue weighted by molar-refractivity contribution is 0.647. The molecule has 0 N–H and O–H groups in total. The molecule has 2 nitrogen and oxygen atoms in total. The highest BCUT2D eigenvalue weighted by atomic mass is 16.3. The number of para-hydroxylation sites is 1. The fraction of sp³-hybridized carbons (Fsp3) is 0.125. The van der Waals surface area contributed by atoms with E-state index in [0.29, 0.717) is 0 Å². The van der Waals surface area contributed by atoms with Crippen molar-refractivity contribution in [2.24, 2.45) is 0 Å². The maximum atomic E-state index is 6.37. The number of rotatable bonds is 2. The highest BCUT2D eigenvalue weighted by Crippen LogP contribution is 2.59. The SMILES string of the molecule is CC1(C)c2cc(-c3cccc(-c4ccc5oc6cc7c(cc6c5c4)oc4ccccc47)c3)ccc2-c2c1ccc1c2C(C)(C)c2ccccc2-1. The third-order valence-electron chi connectivity index (χ3n) is 11.9. The van der Waals surface area contributed by atoms with E-state index in [1.807, 2.05) is 18.2 Å². The van der Waals surface area contributed by atoms with Gasteiger partial charge in [0.15, 0.2) is 0 Å². The molecule has 0 bridgehead atoms. The fourth-order valence-electron chi connectivity index (χ4n) is 9.33. The Hall–Kier alpha value is -5.86. The van der Waals surface area contributed by atoms with Gasteiger partial charge in [-0.2, -0.15) is 0 Å². The molecule has 2 heteroatoms. The van der Waals surface area contributed by atoms with Gasteiger partial charge < -0.3 is 8.83 Å². The molecule has 0 amide bonds. The predicted octanol–water partition coefficient (Wildman–Crippen LogP) is 13.4. The summed E-state index contributed by atoms with van der Waals surface area (Å²) in [5.74, 6) is 0. The topological polar surface area (TPSA) is 26.3 Å². The molecular weight excluding hydrogens is 609 g/mol. The van der Waals surface area contributed by atoms with E-state index in [4.69, 9.17) is 8.83 Å². The average Bonchev–Trinajstić information content (AvgIpc) is 3.82. The van der Waals surface area contributed by atoms with Crippen LogP contribution >= 0.6 is 0 Å². The fourth-order valence-corrected chi connectivity index (χ4v) is 9.33. The van der Waals surface area contributed by atoms with Crippen molar-refractivity contribution in [3.8, 4) is 44.5 Å². The lowest BCUT2D eigenvalue weighted by Crippen LogP contribution is -2.18. The molecule has 0 aliphatic heterocycles. The van der Waals surface area contributed by atoms with Crippen LogP contribution in [0.5, 0.6) is 0 Å². The maximum absolute atomic E-state index is 6.37. The molecule has 238 valence electrons. The number of furan rings is 2. The lowest BCUT2D eigenvalue weighted by atomic mass is 9.77. The summed E-state index contributed by atoms with van der Waals surface area (Å²) in [6.45, 7) is 9.57. The summed E-state index contributed by atoms with van der Waals surface area (Å²) < 4.78 is 12.6. The van der Waals surface area contributed by atoms with Gasteiger partial charge >= 0.3 is 0 Å². The van der Waals surface area contributed by atoms with Gasteiger partial charge in [0.1, 0.15) is 22.3 Å². The molecule has 50 heavy (non-hydrogen) atoms. The molecule has 0 atom stereocenters. The first kappa shape index (κ1) is 28.0. The summed E-state index contributed by atoms with van der Waals surface area (Å²) >= 11 is 0. The number of fused-ring (bicyclic) bond motifs is 13. The molecule has 9 aromatic rings. The van der Waals surface area contributed by atoms with E-state index >= 15 is 0 Å². The van der Waals surface area contributed by atoms with Gasteiger partial charge in [0.2, 0.25) is 0 Å². The zero-order valence-corrected chi connectivity index (χ0v) is 28.5. The van der Waals surface area contributed by atoms with Crippen molar-refractivity contribution in [2.75, 3.05) is 0 Å². The Balaban J connectivity index is 1.01. The maximum Gasteiger partial charge on any atom is 0.136 e. The molecule has 0 unspecified atom stereocenters. The van der Waals surface area contributed by atoms with Crippen molar-refractivity contribution in [3.63, 3.8) is 0 Å². The molecule has 7 aromatic carbocycles. The van der Waals surface area contributed by atoms with Crippen molar-refractivity contribution in [1.29, 1.82) is 0 Å². The second-order valence-electron chi connectivity index (χ2n) is 15.3. The second kappa shape index (κ2) is 9.43. The third kappa shape index (κ3) is 3.58. The van der Waals surface area contributed by atoms with E-state index in [1.54, 1.807) is 0 Å². The van der Waals surface area contributed by atoms with E-state index in [0.717, 1.165) is 49.4 Å². The van der Waals surface area contributed by atoms with Gasteiger partial charge in [-0.05, 0) is 109 Å². The average molecular weight is 643 g/mol. The van der Waals surface area contributed by atoms with Crippen molar-refractivity contribution in [3.05, 3.63) is 156 Å². The van der Waals surface area contributed by atoms with Crippen LogP contribution in [0.2, 0.25) is 0 Å². The van der Waals surface area contributed by atoms with Crippen LogP contribution in [-0.4, -0.2) is 0 Å². The molecule has 0 fully saturated rings. The Morgan fingerprint density at radius 3 is 1.80 bits per heavy atom. The van der Waals surface area contributed by atoms with Crippen molar-refractivity contribution >= 4 is 43.9 Å². The minimum absolute atomic E-state index is 0.0541. The highest BCUT2D eigenvalue weighted by molar-refractivity contribution is 6.15. The number of benzene rings is 7. The molecular formula is C48H34O2. The van der Waals surface area contributed by atoms with Crippen LogP contribution < -0.4 is 0 Å². The van der Waals surface area contributed by atoms with Gasteiger partial charge in [-0.3, -0.25) is 0 Å². The van der Waals surface area contributed by atoms with Crippen LogP contribution in [0.3, 0.4) is 0 Å². The van der Waals surface area contributed by atoms with Gasteiger partial charge in [-0.25, -0.2) is 0 Å². The van der Waals surface area contributed by atoms with Gasteiger partial charge in [0.25, 0.3) is 0 Å². The van der Waals surface area contributed by atoms with Gasteiger partial charge in [-0.15, -0.1) is 0 Å². The summed E-state index contributed by atoms with van der Waals surface area (Å²) in [4.78, 5) is 0. The summed E-state index contributed by atoms with van der Waals surface area (Å²) in [6, 6.07) is 48.8. The molecule has 0 radical (unpaired) electrons. The Bertz CT molecular complexity index is 2930. The Morgan fingerprint density at radius 2 is 0.980 bits per heavy atom. The van der Waals surface area contributed by atoms with E-state index in [9.17, 15) is 0 Å². The zero-order valence-electron chi connectivity index (χ0n) is 28.5. The van der Waals surface area contributed by atoms with Crippen LogP contribution in [0.1, 0.15) is 49.9 Å². The zero-order chi connectivity index (χ0) is 33.5. The lowest BCUT2D eigenvalue weighted by Gasteiger charge is -2.26. The summed E-state index contributed by atoms with van der Waals surface area (Å²) in [5, 5.41) is 4.36. The van der Waals surface area contributed by atoms with Crippen molar-refractivity contribution in [2.45, 2.75) is 38.5 Å². The van der Waals surface area contributed by atoms with E-state index < -0.39 is 0 Å². The molecule has 2 heterocycles. The van der Waals surface area contributed by atoms with Crippen molar-refractivity contribution < 1.29 is 8.83 Å². The van der Waals surface area contributed by atoms with Gasteiger partial charge in [0, 0.05) is 32.4 Å². The van der Waals surface area contributed by atoms with Gasteiger partial charge in [-0.1, -0.05) is 119 Å². The number of hydrogen-bond acceptors (Lipinski definition) is 2. The highest BCUT2D eigenvalue weighted by Gasteiger charge is 2.44. The van der Waals surface area contributed by atoms with E-state index in [1.165, 1.54) is 61.2 Å². The minimum atomic E-state index is -0.100. The Kier molecular flexibility index (Phi) is 5.28. The molecule has 0 saturated heterocycles. The van der Waals surface area contributed by atoms with E-state index in [-0.39, 0.29) is 10.8 Å². The first-order chi connectivity index (χ1) is 24.3. The predicted molar refractivity (Wildman–Crippen MR) is 207 cm³/mol. The Morgan fingerprint density at radius 1 is 0.360 bits per heavy atom. The molecule has 0 spiro atoms. The summed E-state index contributed by atoms with van der Waals surface area (Å²) in [5.41, 5.74) is 19.5. The molecule has 0 saturated carbocycles. The van der Waals surface area contributed by atoms with Crippen LogP contribution in [0, 0.1) is 0 Å². The molecule has 2 aromatic heterocycles. The largest absolute Gasteiger partial charge is 0.456 e. The summed E-state index contributed by atoms with van der Waals surface area (Å²) in [6.07, 6.45) is 0. The van der Waals surface area contributed by atoms with Crippen LogP contribution in [0.4, 0.5) is 0 Å². The van der Waals surface area contributed by atoms with Gasteiger partial charge in [0.05, 0.1) is 0 Å². The van der Waals surface area contributed by atoms with Crippen molar-refractivity contribution in [1.82, 2.24) is 0 Å². The molecule has 2 aliphatic rings. The Labute approximate surface area is 290 Å². The normalized spacial score (nSPS) is 15.1.